The lowest BCUT2D eigenvalue weighted by Crippen LogP contribution is -2.07. The van der Waals surface area contributed by atoms with Crippen LogP contribution in [0.4, 0.5) is 5.69 Å². The van der Waals surface area contributed by atoms with Gasteiger partial charge in [0.25, 0.3) is 0 Å². The third-order valence-electron chi connectivity index (χ3n) is 2.08. The molecule has 1 aromatic carbocycles. The summed E-state index contributed by atoms with van der Waals surface area (Å²) in [5.74, 6) is 0.584. The first-order valence-corrected chi connectivity index (χ1v) is 5.75. The largest absolute Gasteiger partial charge is 0.489 e. The Labute approximate surface area is 111 Å². The fraction of sp³-hybridized carbons (Fsp3) is 0.308. The van der Waals surface area contributed by atoms with Crippen molar-refractivity contribution in [2.24, 2.45) is 5.10 Å². The molecule has 1 aromatic rings. The first kappa shape index (κ1) is 14.5. The van der Waals surface area contributed by atoms with Crippen LogP contribution in [0.25, 0.3) is 0 Å². The molecule has 0 aliphatic heterocycles. The molecule has 6 nitrogen and oxygen atoms in total. The van der Waals surface area contributed by atoms with E-state index in [0.29, 0.717) is 31.3 Å². The Morgan fingerprint density at radius 2 is 2.00 bits per heavy atom. The van der Waals surface area contributed by atoms with E-state index >= 15 is 0 Å². The number of rotatable bonds is 7. The molecule has 0 saturated heterocycles. The van der Waals surface area contributed by atoms with E-state index in [4.69, 9.17) is 20.0 Å². The number of nitrogens with zero attached hydrogens (tertiary/aromatic N) is 3. The van der Waals surface area contributed by atoms with Gasteiger partial charge < -0.3 is 9.47 Å². The molecule has 0 aliphatic rings. The van der Waals surface area contributed by atoms with Crippen molar-refractivity contribution >= 4 is 11.4 Å². The molecule has 0 radical (unpaired) electrons. The summed E-state index contributed by atoms with van der Waals surface area (Å²) in [5, 5.41) is 20.8. The van der Waals surface area contributed by atoms with Crippen molar-refractivity contribution in [3.05, 3.63) is 24.3 Å². The highest BCUT2D eigenvalue weighted by Crippen LogP contribution is 2.23. The smallest absolute Gasteiger partial charge is 0.237 e. The lowest BCUT2D eigenvalue weighted by Gasteiger charge is -2.10. The number of ether oxygens (including phenoxy) is 2. The molecule has 0 aromatic heterocycles. The number of hydrogen-bond acceptors (Lipinski definition) is 6. The molecule has 0 atom stereocenters. The molecule has 0 amide bonds. The van der Waals surface area contributed by atoms with Crippen molar-refractivity contribution in [3.63, 3.8) is 0 Å². The van der Waals surface area contributed by atoms with Gasteiger partial charge in [0.2, 0.25) is 5.71 Å². The van der Waals surface area contributed by atoms with Gasteiger partial charge in [-0.05, 0) is 19.1 Å². The third-order valence-corrected chi connectivity index (χ3v) is 2.08. The Hall–Kier alpha value is -2.57. The molecule has 6 heteroatoms. The van der Waals surface area contributed by atoms with Gasteiger partial charge >= 0.3 is 0 Å². The summed E-state index contributed by atoms with van der Waals surface area (Å²) in [4.78, 5) is 0. The van der Waals surface area contributed by atoms with Crippen LogP contribution in [-0.4, -0.2) is 25.5 Å². The fourth-order valence-corrected chi connectivity index (χ4v) is 1.23. The van der Waals surface area contributed by atoms with Crippen molar-refractivity contribution in [1.29, 1.82) is 10.5 Å². The van der Waals surface area contributed by atoms with Gasteiger partial charge in [-0.25, -0.2) is 0 Å². The fourth-order valence-electron chi connectivity index (χ4n) is 1.23. The maximum Gasteiger partial charge on any atom is 0.237 e. The summed E-state index contributed by atoms with van der Waals surface area (Å²) in [6, 6.07) is 10.5. The van der Waals surface area contributed by atoms with Gasteiger partial charge in [-0.3, -0.25) is 5.43 Å². The van der Waals surface area contributed by atoms with Crippen molar-refractivity contribution < 1.29 is 9.47 Å². The number of hydrazone groups is 1. The van der Waals surface area contributed by atoms with Gasteiger partial charge in [0.05, 0.1) is 12.3 Å². The van der Waals surface area contributed by atoms with E-state index < -0.39 is 0 Å². The molecule has 98 valence electrons. The number of benzene rings is 1. The van der Waals surface area contributed by atoms with E-state index in [1.807, 2.05) is 13.0 Å². The molecule has 0 heterocycles. The van der Waals surface area contributed by atoms with Crippen LogP contribution in [0.15, 0.2) is 29.4 Å². The minimum absolute atomic E-state index is 0.246. The second-order valence-electron chi connectivity index (χ2n) is 3.34. The van der Waals surface area contributed by atoms with Crippen LogP contribution in [0.1, 0.15) is 6.92 Å². The zero-order valence-corrected chi connectivity index (χ0v) is 10.6. The predicted octanol–water partition coefficient (Wildman–Crippen LogP) is 1.92. The van der Waals surface area contributed by atoms with Gasteiger partial charge in [-0.2, -0.15) is 15.6 Å². The molecule has 0 bridgehead atoms. The monoisotopic (exact) mass is 258 g/mol. The maximum absolute atomic E-state index is 8.58. The third kappa shape index (κ3) is 5.07. The first-order valence-electron chi connectivity index (χ1n) is 5.75. The summed E-state index contributed by atoms with van der Waals surface area (Å²) in [7, 11) is 0. The normalized spacial score (nSPS) is 9.00. The highest BCUT2D eigenvalue weighted by molar-refractivity contribution is 6.10. The molecule has 0 spiro atoms. The van der Waals surface area contributed by atoms with Crippen LogP contribution < -0.4 is 10.2 Å². The van der Waals surface area contributed by atoms with E-state index in [1.165, 1.54) is 0 Å². The van der Waals surface area contributed by atoms with E-state index in [9.17, 15) is 0 Å². The first-order chi connectivity index (χ1) is 9.31. The van der Waals surface area contributed by atoms with Crippen molar-refractivity contribution in [2.75, 3.05) is 25.2 Å². The predicted molar refractivity (Wildman–Crippen MR) is 70.7 cm³/mol. The van der Waals surface area contributed by atoms with Gasteiger partial charge in [-0.15, -0.1) is 0 Å². The van der Waals surface area contributed by atoms with E-state index in [1.54, 1.807) is 30.3 Å². The standard InChI is InChI=1S/C13H14N4O2/c1-2-18-7-8-19-13-6-4-3-5-12(13)17-16-11(9-14)10-15/h3-6,17H,2,7-8H2,1H3. The summed E-state index contributed by atoms with van der Waals surface area (Å²) < 4.78 is 10.7. The molecular formula is C13H14N4O2. The quantitative estimate of drug-likeness (QED) is 0.458. The number of para-hydroxylation sites is 2. The average molecular weight is 258 g/mol. The molecule has 1 N–H and O–H groups in total. The SMILES string of the molecule is CCOCCOc1ccccc1NN=C(C#N)C#N. The molecular weight excluding hydrogens is 244 g/mol. The van der Waals surface area contributed by atoms with Crippen LogP contribution in [0, 0.1) is 22.7 Å². The second-order valence-corrected chi connectivity index (χ2v) is 3.34. The Bertz CT molecular complexity index is 498. The topological polar surface area (TPSA) is 90.4 Å². The summed E-state index contributed by atoms with van der Waals surface area (Å²) >= 11 is 0. The van der Waals surface area contributed by atoms with Crippen molar-refractivity contribution in [2.45, 2.75) is 6.92 Å². The maximum atomic E-state index is 8.58. The van der Waals surface area contributed by atoms with Crippen LogP contribution >= 0.6 is 0 Å². The zero-order valence-electron chi connectivity index (χ0n) is 10.6. The number of nitriles is 2. The molecule has 0 fully saturated rings. The van der Waals surface area contributed by atoms with Gasteiger partial charge in [0.15, 0.2) is 0 Å². The average Bonchev–Trinajstić information content (AvgIpc) is 2.46. The zero-order chi connectivity index (χ0) is 13.9. The van der Waals surface area contributed by atoms with E-state index in [0.717, 1.165) is 0 Å². The summed E-state index contributed by atoms with van der Waals surface area (Å²) in [6.45, 7) is 3.46. The summed E-state index contributed by atoms with van der Waals surface area (Å²) in [5.41, 5.74) is 2.97. The van der Waals surface area contributed by atoms with E-state index in [-0.39, 0.29) is 5.71 Å². The lowest BCUT2D eigenvalue weighted by atomic mass is 10.3. The van der Waals surface area contributed by atoms with Crippen LogP contribution in [0.2, 0.25) is 0 Å². The van der Waals surface area contributed by atoms with Gasteiger partial charge in [0, 0.05) is 6.61 Å². The Kier molecular flexibility index (Phi) is 6.49. The van der Waals surface area contributed by atoms with Gasteiger partial charge in [-0.1, -0.05) is 12.1 Å². The summed E-state index contributed by atoms with van der Waals surface area (Å²) in [6.07, 6.45) is 0. The van der Waals surface area contributed by atoms with Crippen LogP contribution in [0.5, 0.6) is 5.75 Å². The highest BCUT2D eigenvalue weighted by atomic mass is 16.5. The highest BCUT2D eigenvalue weighted by Gasteiger charge is 2.02. The van der Waals surface area contributed by atoms with Crippen LogP contribution in [0.3, 0.4) is 0 Å². The molecule has 0 aliphatic carbocycles. The molecule has 19 heavy (non-hydrogen) atoms. The Morgan fingerprint density at radius 3 is 2.68 bits per heavy atom. The minimum atomic E-state index is -0.246. The van der Waals surface area contributed by atoms with E-state index in [2.05, 4.69) is 10.5 Å². The van der Waals surface area contributed by atoms with Crippen molar-refractivity contribution in [3.8, 4) is 17.9 Å². The minimum Gasteiger partial charge on any atom is -0.489 e. The Morgan fingerprint density at radius 1 is 1.26 bits per heavy atom. The molecule has 0 saturated carbocycles. The van der Waals surface area contributed by atoms with Crippen molar-refractivity contribution in [1.82, 2.24) is 0 Å². The number of anilines is 1. The number of nitrogens with one attached hydrogen (secondary N) is 1. The lowest BCUT2D eigenvalue weighted by molar-refractivity contribution is 0.110. The van der Waals surface area contributed by atoms with Crippen LogP contribution in [-0.2, 0) is 4.74 Å². The Balaban J connectivity index is 2.66. The second kappa shape index (κ2) is 8.51. The van der Waals surface area contributed by atoms with Gasteiger partial charge in [0.1, 0.15) is 24.5 Å². The molecule has 0 unspecified atom stereocenters. The molecule has 1 rings (SSSR count). The number of hydrogen-bond donors (Lipinski definition) is 1.